The fraction of sp³-hybridized carbons (Fsp3) is 0.357. The Labute approximate surface area is 154 Å². The molecule has 136 valence electrons. The van der Waals surface area contributed by atoms with E-state index in [4.69, 9.17) is 5.14 Å². The largest absolute Gasteiger partial charge is 0.394 e. The number of aromatic nitrogens is 3. The number of nitrogens with zero attached hydrogens (tertiary/aromatic N) is 3. The molecule has 11 heteroatoms. The average Bonchev–Trinajstić information content (AvgIpc) is 2.54. The van der Waals surface area contributed by atoms with Crippen LogP contribution in [-0.2, 0) is 10.0 Å². The molecule has 0 aliphatic heterocycles. The lowest BCUT2D eigenvalue weighted by Gasteiger charge is -2.21. The molecule has 5 N–H and O–H groups in total. The summed E-state index contributed by atoms with van der Waals surface area (Å²) >= 11 is 3.36. The van der Waals surface area contributed by atoms with Gasteiger partial charge in [0.05, 0.1) is 29.0 Å². The normalized spacial score (nSPS) is 12.9. The van der Waals surface area contributed by atoms with Crippen molar-refractivity contribution in [2.24, 2.45) is 11.1 Å². The molecule has 0 saturated heterocycles. The number of sulfonamides is 1. The summed E-state index contributed by atoms with van der Waals surface area (Å²) in [4.78, 5) is 12.3. The second-order valence-corrected chi connectivity index (χ2v) is 7.99. The first-order chi connectivity index (χ1) is 11.7. The summed E-state index contributed by atoms with van der Waals surface area (Å²) < 4.78 is 23.1. The number of aliphatic hydroxyl groups is 1. The van der Waals surface area contributed by atoms with Crippen LogP contribution >= 0.6 is 15.9 Å². The van der Waals surface area contributed by atoms with Crippen molar-refractivity contribution >= 4 is 43.4 Å². The molecule has 2 rings (SSSR count). The molecular weight excluding hydrogens is 412 g/mol. The van der Waals surface area contributed by atoms with E-state index in [0.29, 0.717) is 16.0 Å². The number of hydrogen-bond acceptors (Lipinski definition) is 8. The number of nitrogens with two attached hydrogens (primary N) is 1. The lowest BCUT2D eigenvalue weighted by Crippen LogP contribution is -2.30. The maximum absolute atomic E-state index is 11.2. The number of halogens is 1. The molecule has 2 heterocycles. The second-order valence-electron chi connectivity index (χ2n) is 5.62. The standard InChI is InChI=1S/C14H19BrN6O3S/c1-8(2)11(7-22)20-13-10(15)6-18-14(21-13)19-9-3-4-12(17-5-9)25(16,23)24/h3-6,8,11,22H,7H2,1-2H3,(H2,16,23,24)(H2,18,19,20,21)/t11-/m0/s1. The van der Waals surface area contributed by atoms with E-state index in [2.05, 4.69) is 41.5 Å². The maximum Gasteiger partial charge on any atom is 0.255 e. The topological polar surface area (TPSA) is 143 Å². The predicted octanol–water partition coefficient (Wildman–Crippen LogP) is 1.45. The van der Waals surface area contributed by atoms with Gasteiger partial charge in [-0.1, -0.05) is 13.8 Å². The Morgan fingerprint density at radius 3 is 2.52 bits per heavy atom. The summed E-state index contributed by atoms with van der Waals surface area (Å²) in [6, 6.07) is 2.64. The fourth-order valence-corrected chi connectivity index (χ4v) is 2.64. The molecule has 25 heavy (non-hydrogen) atoms. The van der Waals surface area contributed by atoms with Gasteiger partial charge in [-0.3, -0.25) is 0 Å². The summed E-state index contributed by atoms with van der Waals surface area (Å²) in [7, 11) is -3.84. The Hall–Kier alpha value is -1.82. The number of pyridine rings is 1. The van der Waals surface area contributed by atoms with Crippen LogP contribution in [0.25, 0.3) is 0 Å². The minimum Gasteiger partial charge on any atom is -0.394 e. The second kappa shape index (κ2) is 8.04. The Kier molecular flexibility index (Phi) is 6.27. The first kappa shape index (κ1) is 19.5. The lowest BCUT2D eigenvalue weighted by molar-refractivity contribution is 0.249. The molecule has 0 bridgehead atoms. The van der Waals surface area contributed by atoms with Crippen LogP contribution in [-0.4, -0.2) is 41.1 Å². The molecule has 2 aromatic rings. The molecule has 0 spiro atoms. The van der Waals surface area contributed by atoms with Crippen LogP contribution in [0.2, 0.25) is 0 Å². The minimum atomic E-state index is -3.84. The number of rotatable bonds is 7. The summed E-state index contributed by atoms with van der Waals surface area (Å²) in [5.41, 5.74) is 0.503. The van der Waals surface area contributed by atoms with Gasteiger partial charge in [0.2, 0.25) is 5.95 Å². The molecular formula is C14H19BrN6O3S. The van der Waals surface area contributed by atoms with Crippen LogP contribution in [0.1, 0.15) is 13.8 Å². The maximum atomic E-state index is 11.2. The summed E-state index contributed by atoms with van der Waals surface area (Å²) in [6.07, 6.45) is 2.89. The molecule has 0 aromatic carbocycles. The highest BCUT2D eigenvalue weighted by Crippen LogP contribution is 2.23. The highest BCUT2D eigenvalue weighted by molar-refractivity contribution is 9.10. The number of anilines is 3. The quantitative estimate of drug-likeness (QED) is 0.516. The molecule has 1 atom stereocenters. The van der Waals surface area contributed by atoms with Gasteiger partial charge in [-0.2, -0.15) is 4.98 Å². The number of nitrogens with one attached hydrogen (secondary N) is 2. The molecule has 0 amide bonds. The first-order valence-electron chi connectivity index (χ1n) is 7.36. The number of aliphatic hydroxyl groups excluding tert-OH is 1. The van der Waals surface area contributed by atoms with Crippen molar-refractivity contribution in [3.05, 3.63) is 29.0 Å². The van der Waals surface area contributed by atoms with Crippen molar-refractivity contribution in [1.29, 1.82) is 0 Å². The van der Waals surface area contributed by atoms with E-state index in [1.54, 1.807) is 6.20 Å². The van der Waals surface area contributed by atoms with E-state index >= 15 is 0 Å². The van der Waals surface area contributed by atoms with E-state index in [-0.39, 0.29) is 29.5 Å². The lowest BCUT2D eigenvalue weighted by atomic mass is 10.1. The third-order valence-electron chi connectivity index (χ3n) is 3.35. The van der Waals surface area contributed by atoms with Crippen molar-refractivity contribution in [2.75, 3.05) is 17.2 Å². The third-order valence-corrected chi connectivity index (χ3v) is 4.76. The van der Waals surface area contributed by atoms with Gasteiger partial charge in [0, 0.05) is 6.20 Å². The smallest absolute Gasteiger partial charge is 0.255 e. The van der Waals surface area contributed by atoms with Crippen LogP contribution < -0.4 is 15.8 Å². The van der Waals surface area contributed by atoms with Gasteiger partial charge in [-0.15, -0.1) is 0 Å². The SMILES string of the molecule is CC(C)[C@H](CO)Nc1nc(Nc2ccc(S(N)(=O)=O)nc2)ncc1Br. The van der Waals surface area contributed by atoms with Crippen molar-refractivity contribution in [3.8, 4) is 0 Å². The van der Waals surface area contributed by atoms with Gasteiger partial charge in [0.1, 0.15) is 5.82 Å². The fourth-order valence-electron chi connectivity index (χ4n) is 1.88. The van der Waals surface area contributed by atoms with E-state index in [1.165, 1.54) is 18.3 Å². The Bertz CT molecular complexity index is 829. The minimum absolute atomic E-state index is 0.0319. The first-order valence-corrected chi connectivity index (χ1v) is 9.70. The van der Waals surface area contributed by atoms with Crippen molar-refractivity contribution in [3.63, 3.8) is 0 Å². The van der Waals surface area contributed by atoms with Crippen LogP contribution in [0.15, 0.2) is 34.0 Å². The molecule has 9 nitrogen and oxygen atoms in total. The monoisotopic (exact) mass is 430 g/mol. The van der Waals surface area contributed by atoms with E-state index in [1.807, 2.05) is 13.8 Å². The van der Waals surface area contributed by atoms with Crippen molar-refractivity contribution in [1.82, 2.24) is 15.0 Å². The van der Waals surface area contributed by atoms with Crippen LogP contribution in [0.3, 0.4) is 0 Å². The van der Waals surface area contributed by atoms with Gasteiger partial charge in [0.15, 0.2) is 5.03 Å². The predicted molar refractivity (Wildman–Crippen MR) is 98.0 cm³/mol. The van der Waals surface area contributed by atoms with Crippen LogP contribution in [0.4, 0.5) is 17.5 Å². The van der Waals surface area contributed by atoms with Gasteiger partial charge >= 0.3 is 0 Å². The molecule has 0 unspecified atom stereocenters. The molecule has 2 aromatic heterocycles. The van der Waals surface area contributed by atoms with E-state index < -0.39 is 10.0 Å². The zero-order chi connectivity index (χ0) is 18.6. The zero-order valence-electron chi connectivity index (χ0n) is 13.6. The molecule has 0 aliphatic carbocycles. The number of primary sulfonamides is 1. The average molecular weight is 431 g/mol. The molecule has 0 radical (unpaired) electrons. The summed E-state index contributed by atoms with van der Waals surface area (Å²) in [5.74, 6) is 1.02. The molecule has 0 saturated carbocycles. The van der Waals surface area contributed by atoms with E-state index in [0.717, 1.165) is 0 Å². The van der Waals surface area contributed by atoms with Gasteiger partial charge in [0.25, 0.3) is 10.0 Å². The van der Waals surface area contributed by atoms with Crippen molar-refractivity contribution < 1.29 is 13.5 Å². The van der Waals surface area contributed by atoms with Gasteiger partial charge in [-0.25, -0.2) is 23.5 Å². The molecule has 0 aliphatic rings. The molecule has 0 fully saturated rings. The Morgan fingerprint density at radius 1 is 1.28 bits per heavy atom. The van der Waals surface area contributed by atoms with Crippen LogP contribution in [0, 0.1) is 5.92 Å². The van der Waals surface area contributed by atoms with Crippen molar-refractivity contribution in [2.45, 2.75) is 24.9 Å². The highest BCUT2D eigenvalue weighted by Gasteiger charge is 2.15. The van der Waals surface area contributed by atoms with E-state index in [9.17, 15) is 13.5 Å². The van der Waals surface area contributed by atoms with Gasteiger partial charge in [-0.05, 0) is 34.0 Å². The third kappa shape index (κ3) is 5.33. The zero-order valence-corrected chi connectivity index (χ0v) is 16.0. The summed E-state index contributed by atoms with van der Waals surface area (Å²) in [6.45, 7) is 3.94. The summed E-state index contributed by atoms with van der Waals surface area (Å²) in [5, 5.41) is 20.3. The van der Waals surface area contributed by atoms with Crippen LogP contribution in [0.5, 0.6) is 0 Å². The Morgan fingerprint density at radius 2 is 2.00 bits per heavy atom. The Balaban J connectivity index is 2.19. The highest BCUT2D eigenvalue weighted by atomic mass is 79.9. The van der Waals surface area contributed by atoms with Gasteiger partial charge < -0.3 is 15.7 Å². The number of hydrogen-bond donors (Lipinski definition) is 4.